The molecule has 1 fully saturated rings. The molecule has 0 spiro atoms. The number of amides is 2. The smallest absolute Gasteiger partial charge is 0.339 e. The molecule has 9 heteroatoms. The first-order valence-corrected chi connectivity index (χ1v) is 8.46. The number of aliphatic carboxylic acids is 1. The SMILES string of the molecule is COC(=O)c1ccc(C(=O)OC)c(NC(=O)NC2CCC(C(=O)O)CC2)c1. The summed E-state index contributed by atoms with van der Waals surface area (Å²) >= 11 is 0. The lowest BCUT2D eigenvalue weighted by molar-refractivity contribution is -0.142. The third-order valence-corrected chi connectivity index (χ3v) is 4.51. The largest absolute Gasteiger partial charge is 0.481 e. The van der Waals surface area contributed by atoms with Crippen LogP contribution in [-0.2, 0) is 14.3 Å². The zero-order valence-corrected chi connectivity index (χ0v) is 15.1. The Balaban J connectivity index is 2.08. The quantitative estimate of drug-likeness (QED) is 0.668. The highest BCUT2D eigenvalue weighted by molar-refractivity contribution is 6.03. The minimum Gasteiger partial charge on any atom is -0.481 e. The van der Waals surface area contributed by atoms with Gasteiger partial charge in [-0.15, -0.1) is 0 Å². The monoisotopic (exact) mass is 378 g/mol. The lowest BCUT2D eigenvalue weighted by atomic mass is 9.86. The minimum atomic E-state index is -0.819. The van der Waals surface area contributed by atoms with Crippen molar-refractivity contribution in [3.63, 3.8) is 0 Å². The van der Waals surface area contributed by atoms with E-state index >= 15 is 0 Å². The maximum Gasteiger partial charge on any atom is 0.339 e. The number of esters is 2. The van der Waals surface area contributed by atoms with Crippen LogP contribution in [0.3, 0.4) is 0 Å². The molecule has 1 aromatic carbocycles. The number of anilines is 1. The molecule has 1 aliphatic rings. The van der Waals surface area contributed by atoms with Gasteiger partial charge in [0, 0.05) is 6.04 Å². The predicted octanol–water partition coefficient (Wildman–Crippen LogP) is 2.02. The van der Waals surface area contributed by atoms with Crippen molar-refractivity contribution in [1.82, 2.24) is 5.32 Å². The van der Waals surface area contributed by atoms with Gasteiger partial charge in [-0.3, -0.25) is 4.79 Å². The van der Waals surface area contributed by atoms with Crippen LogP contribution in [0.25, 0.3) is 0 Å². The average Bonchev–Trinajstić information content (AvgIpc) is 2.67. The van der Waals surface area contributed by atoms with Gasteiger partial charge in [0.05, 0.1) is 37.0 Å². The number of carbonyl (C=O) groups is 4. The second-order valence-corrected chi connectivity index (χ2v) is 6.23. The number of carboxylic acids is 1. The summed E-state index contributed by atoms with van der Waals surface area (Å²) in [5.74, 6) is -2.47. The molecular weight excluding hydrogens is 356 g/mol. The summed E-state index contributed by atoms with van der Waals surface area (Å²) in [6.45, 7) is 0. The van der Waals surface area contributed by atoms with Gasteiger partial charge in [0.25, 0.3) is 0 Å². The number of rotatable bonds is 5. The van der Waals surface area contributed by atoms with Gasteiger partial charge in [-0.2, -0.15) is 0 Å². The van der Waals surface area contributed by atoms with Crippen molar-refractivity contribution in [2.75, 3.05) is 19.5 Å². The van der Waals surface area contributed by atoms with E-state index in [-0.39, 0.29) is 28.8 Å². The van der Waals surface area contributed by atoms with Crippen LogP contribution in [0.15, 0.2) is 18.2 Å². The van der Waals surface area contributed by atoms with Crippen molar-refractivity contribution in [3.05, 3.63) is 29.3 Å². The van der Waals surface area contributed by atoms with E-state index in [0.717, 1.165) is 0 Å². The lowest BCUT2D eigenvalue weighted by Gasteiger charge is -2.27. The molecule has 3 N–H and O–H groups in total. The Morgan fingerprint density at radius 3 is 2.19 bits per heavy atom. The first-order valence-electron chi connectivity index (χ1n) is 8.46. The Hall–Kier alpha value is -3.10. The molecule has 0 radical (unpaired) electrons. The van der Waals surface area contributed by atoms with Crippen molar-refractivity contribution in [2.45, 2.75) is 31.7 Å². The van der Waals surface area contributed by atoms with Gasteiger partial charge >= 0.3 is 23.9 Å². The fourth-order valence-corrected chi connectivity index (χ4v) is 3.01. The van der Waals surface area contributed by atoms with Crippen molar-refractivity contribution in [2.24, 2.45) is 5.92 Å². The van der Waals surface area contributed by atoms with E-state index in [4.69, 9.17) is 5.11 Å². The second-order valence-electron chi connectivity index (χ2n) is 6.23. The molecule has 1 saturated carbocycles. The van der Waals surface area contributed by atoms with Crippen LogP contribution in [0.2, 0.25) is 0 Å². The van der Waals surface area contributed by atoms with Gasteiger partial charge in [-0.25, -0.2) is 14.4 Å². The van der Waals surface area contributed by atoms with Gasteiger partial charge in [0.15, 0.2) is 0 Å². The molecule has 27 heavy (non-hydrogen) atoms. The number of methoxy groups -OCH3 is 2. The molecule has 0 atom stereocenters. The van der Waals surface area contributed by atoms with Crippen molar-refractivity contribution in [1.29, 1.82) is 0 Å². The summed E-state index contributed by atoms with van der Waals surface area (Å²) in [5, 5.41) is 14.3. The van der Waals surface area contributed by atoms with Gasteiger partial charge in [0.1, 0.15) is 0 Å². The van der Waals surface area contributed by atoms with E-state index in [9.17, 15) is 19.2 Å². The van der Waals surface area contributed by atoms with Crippen LogP contribution in [-0.4, -0.2) is 49.3 Å². The van der Waals surface area contributed by atoms with Crippen molar-refractivity contribution < 1.29 is 33.8 Å². The Labute approximate surface area is 156 Å². The molecule has 0 bridgehead atoms. The average molecular weight is 378 g/mol. The summed E-state index contributed by atoms with van der Waals surface area (Å²) in [6.07, 6.45) is 2.09. The molecule has 0 aliphatic heterocycles. The summed E-state index contributed by atoms with van der Waals surface area (Å²) in [6, 6.07) is 3.38. The predicted molar refractivity (Wildman–Crippen MR) is 94.7 cm³/mol. The first-order chi connectivity index (χ1) is 12.8. The normalized spacial score (nSPS) is 18.9. The highest BCUT2D eigenvalue weighted by Crippen LogP contribution is 2.25. The van der Waals surface area contributed by atoms with E-state index < -0.39 is 23.9 Å². The second kappa shape index (κ2) is 9.02. The fourth-order valence-electron chi connectivity index (χ4n) is 3.01. The van der Waals surface area contributed by atoms with Gasteiger partial charge in [-0.05, 0) is 43.9 Å². The maximum absolute atomic E-state index is 12.3. The van der Waals surface area contributed by atoms with E-state index in [2.05, 4.69) is 20.1 Å². The van der Waals surface area contributed by atoms with E-state index in [1.54, 1.807) is 0 Å². The molecule has 0 unspecified atom stereocenters. The van der Waals surface area contributed by atoms with Crippen LogP contribution in [0.4, 0.5) is 10.5 Å². The summed E-state index contributed by atoms with van der Waals surface area (Å²) in [5.41, 5.74) is 0.374. The number of benzene rings is 1. The summed E-state index contributed by atoms with van der Waals surface area (Å²) < 4.78 is 9.33. The van der Waals surface area contributed by atoms with Crippen LogP contribution < -0.4 is 10.6 Å². The number of ether oxygens (including phenoxy) is 2. The Bertz CT molecular complexity index is 739. The van der Waals surface area contributed by atoms with Gasteiger partial charge in [-0.1, -0.05) is 0 Å². The molecule has 1 aliphatic carbocycles. The van der Waals surface area contributed by atoms with Crippen LogP contribution in [0, 0.1) is 5.92 Å². The zero-order valence-electron chi connectivity index (χ0n) is 15.1. The highest BCUT2D eigenvalue weighted by atomic mass is 16.5. The Morgan fingerprint density at radius 2 is 1.63 bits per heavy atom. The molecule has 2 amide bonds. The third-order valence-electron chi connectivity index (χ3n) is 4.51. The van der Waals surface area contributed by atoms with Crippen LogP contribution >= 0.6 is 0 Å². The molecular formula is C18H22N2O7. The standard InChI is InChI=1S/C18H22N2O7/c1-26-16(23)11-5-8-13(17(24)27-2)14(9-11)20-18(25)19-12-6-3-10(4-7-12)15(21)22/h5,8-10,12H,3-4,6-7H2,1-2H3,(H,21,22)(H2,19,20,25). The number of carboxylic acid groups (broad SMARTS) is 1. The van der Waals surface area contributed by atoms with E-state index in [1.165, 1.54) is 32.4 Å². The van der Waals surface area contributed by atoms with Gasteiger partial charge in [0.2, 0.25) is 0 Å². The molecule has 9 nitrogen and oxygen atoms in total. The summed E-state index contributed by atoms with van der Waals surface area (Å²) in [7, 11) is 2.44. The fraction of sp³-hybridized carbons (Fsp3) is 0.444. The topological polar surface area (TPSA) is 131 Å². The molecule has 0 heterocycles. The Morgan fingerprint density at radius 1 is 1.00 bits per heavy atom. The molecule has 146 valence electrons. The lowest BCUT2D eigenvalue weighted by Crippen LogP contribution is -2.41. The third kappa shape index (κ3) is 5.19. The Kier molecular flexibility index (Phi) is 6.75. The summed E-state index contributed by atoms with van der Waals surface area (Å²) in [4.78, 5) is 46.9. The number of nitrogens with one attached hydrogen (secondary N) is 2. The maximum atomic E-state index is 12.3. The molecule has 0 aromatic heterocycles. The zero-order chi connectivity index (χ0) is 20.0. The molecule has 2 rings (SSSR count). The number of hydrogen-bond donors (Lipinski definition) is 3. The van der Waals surface area contributed by atoms with Crippen molar-refractivity contribution in [3.8, 4) is 0 Å². The number of hydrogen-bond acceptors (Lipinski definition) is 6. The van der Waals surface area contributed by atoms with Crippen LogP contribution in [0.1, 0.15) is 46.4 Å². The molecule has 0 saturated heterocycles. The number of carbonyl (C=O) groups excluding carboxylic acids is 3. The highest BCUT2D eigenvalue weighted by Gasteiger charge is 2.27. The van der Waals surface area contributed by atoms with E-state index in [0.29, 0.717) is 25.7 Å². The van der Waals surface area contributed by atoms with Gasteiger partial charge < -0.3 is 25.2 Å². The molecule has 1 aromatic rings. The van der Waals surface area contributed by atoms with Crippen LogP contribution in [0.5, 0.6) is 0 Å². The van der Waals surface area contributed by atoms with E-state index in [1.807, 2.05) is 0 Å². The van der Waals surface area contributed by atoms with Crippen molar-refractivity contribution >= 4 is 29.6 Å². The number of urea groups is 1. The first kappa shape index (κ1) is 20.2. The minimum absolute atomic E-state index is 0.0925.